The molecule has 152 valence electrons. The van der Waals surface area contributed by atoms with Crippen LogP contribution in [-0.4, -0.2) is 37.4 Å². The quantitative estimate of drug-likeness (QED) is 0.535. The molecular formula is C20H22N4O3S2. The summed E-state index contributed by atoms with van der Waals surface area (Å²) in [7, 11) is -3.62. The number of carbonyl (C=O) groups excluding carboxylic acids is 1. The maximum Gasteiger partial charge on any atom is 0.240 e. The first kappa shape index (κ1) is 21.1. The highest BCUT2D eigenvalue weighted by molar-refractivity contribution is 7.89. The molecule has 0 radical (unpaired) electrons. The van der Waals surface area contributed by atoms with E-state index in [1.165, 1.54) is 11.3 Å². The first-order valence-corrected chi connectivity index (χ1v) is 11.4. The Balaban J connectivity index is 1.48. The zero-order valence-electron chi connectivity index (χ0n) is 16.2. The minimum Gasteiger partial charge on any atom is -0.354 e. The maximum atomic E-state index is 12.4. The zero-order chi connectivity index (χ0) is 20.9. The highest BCUT2D eigenvalue weighted by Gasteiger charge is 2.16. The topological polar surface area (TPSA) is 101 Å². The molecule has 3 aromatic rings. The number of aromatic nitrogens is 2. The SMILES string of the molecule is Cc1ccc(C)c(S(=O)(=O)NCCNC(=O)Cc2csc(-c3ccccn3)n2)c1. The van der Waals surface area contributed by atoms with Gasteiger partial charge in [-0.2, -0.15) is 0 Å². The van der Waals surface area contributed by atoms with Crippen molar-refractivity contribution in [2.45, 2.75) is 25.2 Å². The van der Waals surface area contributed by atoms with Crippen LogP contribution in [0.15, 0.2) is 52.9 Å². The normalized spacial score (nSPS) is 11.4. The Morgan fingerprint density at radius 3 is 2.72 bits per heavy atom. The average molecular weight is 431 g/mol. The predicted octanol–water partition coefficient (Wildman–Crippen LogP) is 2.46. The fourth-order valence-corrected chi connectivity index (χ4v) is 4.84. The van der Waals surface area contributed by atoms with Crippen LogP contribution in [0.3, 0.4) is 0 Å². The molecule has 9 heteroatoms. The molecule has 2 N–H and O–H groups in total. The highest BCUT2D eigenvalue weighted by atomic mass is 32.2. The fraction of sp³-hybridized carbons (Fsp3) is 0.250. The molecule has 0 aliphatic rings. The summed E-state index contributed by atoms with van der Waals surface area (Å²) >= 11 is 1.43. The van der Waals surface area contributed by atoms with Crippen LogP contribution in [0.5, 0.6) is 0 Å². The molecule has 2 heterocycles. The summed E-state index contributed by atoms with van der Waals surface area (Å²) in [5.74, 6) is -0.214. The van der Waals surface area contributed by atoms with Crippen LogP contribution in [0.2, 0.25) is 0 Å². The van der Waals surface area contributed by atoms with Crippen molar-refractivity contribution in [2.24, 2.45) is 0 Å². The lowest BCUT2D eigenvalue weighted by Gasteiger charge is -2.10. The molecule has 0 atom stereocenters. The second-order valence-corrected chi connectivity index (χ2v) is 9.15. The van der Waals surface area contributed by atoms with Gasteiger partial charge in [-0.1, -0.05) is 18.2 Å². The van der Waals surface area contributed by atoms with E-state index in [2.05, 4.69) is 20.0 Å². The van der Waals surface area contributed by atoms with E-state index in [9.17, 15) is 13.2 Å². The Hall–Kier alpha value is -2.62. The molecule has 3 rings (SSSR count). The van der Waals surface area contributed by atoms with Crippen LogP contribution in [0.25, 0.3) is 10.7 Å². The van der Waals surface area contributed by atoms with Gasteiger partial charge in [-0.05, 0) is 43.2 Å². The first-order valence-electron chi connectivity index (χ1n) is 9.04. The van der Waals surface area contributed by atoms with E-state index >= 15 is 0 Å². The van der Waals surface area contributed by atoms with Gasteiger partial charge in [0.2, 0.25) is 15.9 Å². The van der Waals surface area contributed by atoms with Gasteiger partial charge in [-0.25, -0.2) is 18.1 Å². The maximum absolute atomic E-state index is 12.4. The van der Waals surface area contributed by atoms with Crippen molar-refractivity contribution in [1.82, 2.24) is 20.0 Å². The van der Waals surface area contributed by atoms with Gasteiger partial charge in [-0.15, -0.1) is 11.3 Å². The number of benzene rings is 1. The summed E-state index contributed by atoms with van der Waals surface area (Å²) < 4.78 is 27.4. The number of nitrogens with one attached hydrogen (secondary N) is 2. The van der Waals surface area contributed by atoms with E-state index in [-0.39, 0.29) is 30.3 Å². The van der Waals surface area contributed by atoms with Crippen LogP contribution in [0, 0.1) is 13.8 Å². The minimum absolute atomic E-state index is 0.109. The summed E-state index contributed by atoms with van der Waals surface area (Å²) in [5, 5.41) is 5.30. The largest absolute Gasteiger partial charge is 0.354 e. The Labute approximate surface area is 174 Å². The molecule has 0 unspecified atom stereocenters. The molecule has 29 heavy (non-hydrogen) atoms. The second kappa shape index (κ2) is 9.25. The fourth-order valence-electron chi connectivity index (χ4n) is 2.68. The third kappa shape index (κ3) is 5.69. The molecule has 0 fully saturated rings. The third-order valence-corrected chi connectivity index (χ3v) is 6.67. The average Bonchev–Trinajstić information content (AvgIpc) is 3.16. The number of nitrogens with zero attached hydrogens (tertiary/aromatic N) is 2. The molecular weight excluding hydrogens is 408 g/mol. The van der Waals surface area contributed by atoms with Gasteiger partial charge < -0.3 is 5.32 Å². The lowest BCUT2D eigenvalue weighted by atomic mass is 10.2. The third-order valence-electron chi connectivity index (χ3n) is 4.15. The smallest absolute Gasteiger partial charge is 0.240 e. The number of hydrogen-bond donors (Lipinski definition) is 2. The van der Waals surface area contributed by atoms with Crippen molar-refractivity contribution in [3.63, 3.8) is 0 Å². The van der Waals surface area contributed by atoms with Gasteiger partial charge in [0.1, 0.15) is 5.01 Å². The van der Waals surface area contributed by atoms with Crippen LogP contribution in [-0.2, 0) is 21.2 Å². The van der Waals surface area contributed by atoms with E-state index in [1.54, 1.807) is 25.3 Å². The summed E-state index contributed by atoms with van der Waals surface area (Å²) in [6, 6.07) is 10.9. The number of rotatable bonds is 8. The molecule has 0 spiro atoms. The summed E-state index contributed by atoms with van der Waals surface area (Å²) in [5.41, 5.74) is 2.98. The summed E-state index contributed by atoms with van der Waals surface area (Å²) in [4.78, 5) is 21.0. The van der Waals surface area contributed by atoms with Crippen LogP contribution < -0.4 is 10.0 Å². The van der Waals surface area contributed by atoms with Crippen LogP contribution in [0.1, 0.15) is 16.8 Å². The molecule has 0 saturated heterocycles. The molecule has 0 bridgehead atoms. The van der Waals surface area contributed by atoms with Crippen LogP contribution >= 0.6 is 11.3 Å². The summed E-state index contributed by atoms with van der Waals surface area (Å²) in [6.45, 7) is 3.90. The zero-order valence-corrected chi connectivity index (χ0v) is 17.8. The highest BCUT2D eigenvalue weighted by Crippen LogP contribution is 2.21. The standard InChI is InChI=1S/C20H22N4O3S2/c1-14-6-7-15(2)18(11-14)29(26,27)23-10-9-22-19(25)12-16-13-28-20(24-16)17-5-3-4-8-21-17/h3-8,11,13,23H,9-10,12H2,1-2H3,(H,22,25). The monoisotopic (exact) mass is 430 g/mol. The van der Waals surface area contributed by atoms with Gasteiger partial charge in [0, 0.05) is 24.7 Å². The van der Waals surface area contributed by atoms with E-state index in [0.29, 0.717) is 11.3 Å². The number of amides is 1. The van der Waals surface area contributed by atoms with Gasteiger partial charge in [0.25, 0.3) is 0 Å². The number of aryl methyl sites for hydroxylation is 2. The Bertz CT molecular complexity index is 1100. The van der Waals surface area contributed by atoms with E-state index < -0.39 is 10.0 Å². The number of pyridine rings is 1. The molecule has 0 aliphatic heterocycles. The van der Waals surface area contributed by atoms with Crippen molar-refractivity contribution >= 4 is 27.3 Å². The van der Waals surface area contributed by atoms with E-state index in [0.717, 1.165) is 16.3 Å². The van der Waals surface area contributed by atoms with Crippen LogP contribution in [0.4, 0.5) is 0 Å². The van der Waals surface area contributed by atoms with Gasteiger partial charge >= 0.3 is 0 Å². The Morgan fingerprint density at radius 1 is 1.14 bits per heavy atom. The number of thiazole rings is 1. The molecule has 0 aliphatic carbocycles. The summed E-state index contributed by atoms with van der Waals surface area (Å²) in [6.07, 6.45) is 1.83. The molecule has 1 aromatic carbocycles. The number of hydrogen-bond acceptors (Lipinski definition) is 6. The minimum atomic E-state index is -3.62. The predicted molar refractivity (Wildman–Crippen MR) is 113 cm³/mol. The molecule has 0 saturated carbocycles. The number of carbonyl (C=O) groups is 1. The molecule has 7 nitrogen and oxygen atoms in total. The van der Waals surface area contributed by atoms with Gasteiger partial charge in [0.05, 0.1) is 22.7 Å². The van der Waals surface area contributed by atoms with Crippen molar-refractivity contribution in [2.75, 3.05) is 13.1 Å². The molecule has 2 aromatic heterocycles. The van der Waals surface area contributed by atoms with E-state index in [1.807, 2.05) is 36.6 Å². The van der Waals surface area contributed by atoms with Crippen molar-refractivity contribution in [1.29, 1.82) is 0 Å². The lowest BCUT2D eigenvalue weighted by molar-refractivity contribution is -0.120. The first-order chi connectivity index (χ1) is 13.8. The second-order valence-electron chi connectivity index (χ2n) is 6.55. The van der Waals surface area contributed by atoms with Gasteiger partial charge in [0.15, 0.2) is 0 Å². The Morgan fingerprint density at radius 2 is 1.97 bits per heavy atom. The Kier molecular flexibility index (Phi) is 6.73. The van der Waals surface area contributed by atoms with Crippen molar-refractivity contribution in [3.05, 3.63) is 64.8 Å². The number of sulfonamides is 1. The van der Waals surface area contributed by atoms with E-state index in [4.69, 9.17) is 0 Å². The lowest BCUT2D eigenvalue weighted by Crippen LogP contribution is -2.35. The van der Waals surface area contributed by atoms with Crippen molar-refractivity contribution in [3.8, 4) is 10.7 Å². The van der Waals surface area contributed by atoms with Crippen molar-refractivity contribution < 1.29 is 13.2 Å². The molecule has 1 amide bonds. The van der Waals surface area contributed by atoms with Gasteiger partial charge in [-0.3, -0.25) is 9.78 Å².